The normalized spacial score (nSPS) is 29.7. The Kier molecular flexibility index (Phi) is 7.33. The molecule has 0 aromatic rings. The Morgan fingerprint density at radius 1 is 1.42 bits per heavy atom. The van der Waals surface area contributed by atoms with Gasteiger partial charge >= 0.3 is 0 Å². The van der Waals surface area contributed by atoms with Crippen molar-refractivity contribution >= 4 is 0 Å². The quantitative estimate of drug-likeness (QED) is 0.712. The standard InChI is InChI=1S/C16H34N2O/c1-5-10-17-16(13-19)9-7-8-15(11-16)18(4)12-14(3)6-2/h14-15,17,19H,5-13H2,1-4H3. The van der Waals surface area contributed by atoms with Crippen molar-refractivity contribution in [2.45, 2.75) is 70.9 Å². The highest BCUT2D eigenvalue weighted by atomic mass is 16.3. The van der Waals surface area contributed by atoms with Crippen LogP contribution < -0.4 is 5.32 Å². The van der Waals surface area contributed by atoms with Crippen LogP contribution >= 0.6 is 0 Å². The lowest BCUT2D eigenvalue weighted by atomic mass is 9.78. The van der Waals surface area contributed by atoms with Gasteiger partial charge in [-0.1, -0.05) is 27.2 Å². The van der Waals surface area contributed by atoms with Gasteiger partial charge in [-0.25, -0.2) is 0 Å². The van der Waals surface area contributed by atoms with E-state index in [9.17, 15) is 5.11 Å². The second-order valence-corrected chi connectivity index (χ2v) is 6.57. The van der Waals surface area contributed by atoms with E-state index < -0.39 is 0 Å². The van der Waals surface area contributed by atoms with Gasteiger partial charge in [0.1, 0.15) is 0 Å². The first-order valence-electron chi connectivity index (χ1n) is 8.13. The minimum Gasteiger partial charge on any atom is -0.394 e. The lowest BCUT2D eigenvalue weighted by Crippen LogP contribution is -2.55. The molecular formula is C16H34N2O. The Labute approximate surface area is 119 Å². The first-order chi connectivity index (χ1) is 9.06. The van der Waals surface area contributed by atoms with Gasteiger partial charge < -0.3 is 15.3 Å². The molecule has 0 aromatic heterocycles. The zero-order chi connectivity index (χ0) is 14.3. The van der Waals surface area contributed by atoms with Gasteiger partial charge in [-0.3, -0.25) is 0 Å². The van der Waals surface area contributed by atoms with Crippen LogP contribution in [0.5, 0.6) is 0 Å². The van der Waals surface area contributed by atoms with Crippen molar-refractivity contribution in [3.05, 3.63) is 0 Å². The second-order valence-electron chi connectivity index (χ2n) is 6.57. The van der Waals surface area contributed by atoms with Crippen LogP contribution in [0.2, 0.25) is 0 Å². The summed E-state index contributed by atoms with van der Waals surface area (Å²) < 4.78 is 0. The monoisotopic (exact) mass is 270 g/mol. The summed E-state index contributed by atoms with van der Waals surface area (Å²) in [6, 6.07) is 0.624. The number of nitrogens with one attached hydrogen (secondary N) is 1. The highest BCUT2D eigenvalue weighted by molar-refractivity contribution is 4.96. The average molecular weight is 270 g/mol. The topological polar surface area (TPSA) is 35.5 Å². The largest absolute Gasteiger partial charge is 0.394 e. The van der Waals surface area contributed by atoms with Gasteiger partial charge in [0.2, 0.25) is 0 Å². The summed E-state index contributed by atoms with van der Waals surface area (Å²) in [5, 5.41) is 13.4. The molecule has 3 nitrogen and oxygen atoms in total. The first-order valence-corrected chi connectivity index (χ1v) is 8.13. The van der Waals surface area contributed by atoms with Gasteiger partial charge in [-0.2, -0.15) is 0 Å². The summed E-state index contributed by atoms with van der Waals surface area (Å²) in [5.41, 5.74) is -0.0252. The maximum Gasteiger partial charge on any atom is 0.0613 e. The summed E-state index contributed by atoms with van der Waals surface area (Å²) in [7, 11) is 2.25. The molecule has 0 aromatic carbocycles. The Morgan fingerprint density at radius 3 is 2.74 bits per heavy atom. The minimum atomic E-state index is -0.0252. The molecule has 1 aliphatic rings. The van der Waals surface area contributed by atoms with E-state index in [1.54, 1.807) is 0 Å². The molecule has 0 heterocycles. The first kappa shape index (κ1) is 16.9. The third kappa shape index (κ3) is 5.05. The van der Waals surface area contributed by atoms with Gasteiger partial charge in [0.05, 0.1) is 6.61 Å². The molecule has 1 fully saturated rings. The zero-order valence-corrected chi connectivity index (χ0v) is 13.4. The Morgan fingerprint density at radius 2 is 2.16 bits per heavy atom. The predicted molar refractivity (Wildman–Crippen MR) is 82.5 cm³/mol. The van der Waals surface area contributed by atoms with E-state index in [2.05, 4.69) is 38.0 Å². The lowest BCUT2D eigenvalue weighted by molar-refractivity contribution is 0.0646. The fourth-order valence-corrected chi connectivity index (χ4v) is 3.23. The second kappa shape index (κ2) is 8.23. The lowest BCUT2D eigenvalue weighted by Gasteiger charge is -2.44. The molecule has 0 saturated heterocycles. The molecule has 0 amide bonds. The van der Waals surface area contributed by atoms with E-state index in [1.165, 1.54) is 25.8 Å². The molecule has 3 unspecified atom stereocenters. The third-order valence-corrected chi connectivity index (χ3v) is 4.79. The highest BCUT2D eigenvalue weighted by Crippen LogP contribution is 2.31. The van der Waals surface area contributed by atoms with Gasteiger partial charge in [-0.15, -0.1) is 0 Å². The van der Waals surface area contributed by atoms with Crippen molar-refractivity contribution in [1.29, 1.82) is 0 Å². The fourth-order valence-electron chi connectivity index (χ4n) is 3.23. The van der Waals surface area contributed by atoms with Crippen molar-refractivity contribution in [3.8, 4) is 0 Å². The van der Waals surface area contributed by atoms with E-state index in [-0.39, 0.29) is 12.1 Å². The van der Waals surface area contributed by atoms with E-state index in [1.807, 2.05) is 0 Å². The van der Waals surface area contributed by atoms with Crippen molar-refractivity contribution in [3.63, 3.8) is 0 Å². The van der Waals surface area contributed by atoms with Crippen molar-refractivity contribution in [1.82, 2.24) is 10.2 Å². The SMILES string of the molecule is CCCNC1(CO)CCCC(N(C)CC(C)CC)C1. The average Bonchev–Trinajstić information content (AvgIpc) is 2.45. The van der Waals surface area contributed by atoms with E-state index in [0.29, 0.717) is 6.04 Å². The molecule has 3 atom stereocenters. The molecule has 0 radical (unpaired) electrons. The molecule has 1 rings (SSSR count). The Bertz CT molecular complexity index is 247. The third-order valence-electron chi connectivity index (χ3n) is 4.79. The maximum atomic E-state index is 9.81. The number of hydrogen-bond donors (Lipinski definition) is 2. The summed E-state index contributed by atoms with van der Waals surface area (Å²) in [6.45, 7) is 9.25. The summed E-state index contributed by atoms with van der Waals surface area (Å²) in [5.74, 6) is 0.763. The van der Waals surface area contributed by atoms with Crippen molar-refractivity contribution in [2.24, 2.45) is 5.92 Å². The van der Waals surface area contributed by atoms with Crippen LogP contribution in [0.25, 0.3) is 0 Å². The molecule has 1 aliphatic carbocycles. The van der Waals surface area contributed by atoms with E-state index in [4.69, 9.17) is 0 Å². The summed E-state index contributed by atoms with van der Waals surface area (Å²) in [6.07, 6.45) is 7.11. The maximum absolute atomic E-state index is 9.81. The number of aliphatic hydroxyl groups is 1. The molecule has 2 N–H and O–H groups in total. The minimum absolute atomic E-state index is 0.0252. The Balaban J connectivity index is 2.56. The molecule has 0 aliphatic heterocycles. The number of rotatable bonds is 8. The fraction of sp³-hybridized carbons (Fsp3) is 1.00. The van der Waals surface area contributed by atoms with Crippen LogP contribution in [0.1, 0.15) is 59.3 Å². The van der Waals surface area contributed by atoms with E-state index in [0.717, 1.165) is 31.7 Å². The molecule has 1 saturated carbocycles. The van der Waals surface area contributed by atoms with Crippen LogP contribution in [0.3, 0.4) is 0 Å². The Hall–Kier alpha value is -0.120. The zero-order valence-electron chi connectivity index (χ0n) is 13.4. The summed E-state index contributed by atoms with van der Waals surface area (Å²) >= 11 is 0. The smallest absolute Gasteiger partial charge is 0.0613 e. The van der Waals surface area contributed by atoms with Crippen molar-refractivity contribution in [2.75, 3.05) is 26.7 Å². The molecule has 114 valence electrons. The number of nitrogens with zero attached hydrogens (tertiary/aromatic N) is 1. The molecule has 3 heteroatoms. The van der Waals surface area contributed by atoms with Crippen LogP contribution in [0, 0.1) is 5.92 Å². The van der Waals surface area contributed by atoms with Crippen molar-refractivity contribution < 1.29 is 5.11 Å². The van der Waals surface area contributed by atoms with E-state index >= 15 is 0 Å². The molecular weight excluding hydrogens is 236 g/mol. The van der Waals surface area contributed by atoms with Crippen LogP contribution in [0.4, 0.5) is 0 Å². The van der Waals surface area contributed by atoms with Crippen LogP contribution in [0.15, 0.2) is 0 Å². The predicted octanol–water partition coefficient (Wildman–Crippen LogP) is 2.64. The van der Waals surface area contributed by atoms with Crippen LogP contribution in [-0.2, 0) is 0 Å². The number of aliphatic hydroxyl groups excluding tert-OH is 1. The number of hydrogen-bond acceptors (Lipinski definition) is 3. The van der Waals surface area contributed by atoms with Gasteiger partial charge in [0.25, 0.3) is 0 Å². The van der Waals surface area contributed by atoms with Crippen LogP contribution in [-0.4, -0.2) is 48.3 Å². The van der Waals surface area contributed by atoms with Gasteiger partial charge in [0, 0.05) is 18.1 Å². The van der Waals surface area contributed by atoms with Gasteiger partial charge in [-0.05, 0) is 51.6 Å². The van der Waals surface area contributed by atoms with Gasteiger partial charge in [0.15, 0.2) is 0 Å². The molecule has 0 spiro atoms. The molecule has 0 bridgehead atoms. The highest BCUT2D eigenvalue weighted by Gasteiger charge is 2.36. The summed E-state index contributed by atoms with van der Waals surface area (Å²) in [4.78, 5) is 2.52. The molecule has 19 heavy (non-hydrogen) atoms.